The number of benzene rings is 2. The molecule has 0 heterocycles. The van der Waals surface area contributed by atoms with Gasteiger partial charge < -0.3 is 10.2 Å². The summed E-state index contributed by atoms with van der Waals surface area (Å²) >= 11 is 0. The Balaban J connectivity index is 1.88. The number of nitrogens with one attached hydrogen (secondary N) is 1. The van der Waals surface area contributed by atoms with Crippen LogP contribution in [0.1, 0.15) is 30.9 Å². The van der Waals surface area contributed by atoms with Gasteiger partial charge in [-0.15, -0.1) is 0 Å². The first kappa shape index (κ1) is 20.6. The van der Waals surface area contributed by atoms with Crippen LogP contribution in [0, 0.1) is 23.1 Å². The Morgan fingerprint density at radius 1 is 1.24 bits per heavy atom. The van der Waals surface area contributed by atoms with E-state index in [4.69, 9.17) is 5.26 Å². The first-order valence-corrected chi connectivity index (χ1v) is 9.13. The maximum atomic E-state index is 13.4. The maximum absolute atomic E-state index is 13.4. The van der Waals surface area contributed by atoms with E-state index in [0.717, 1.165) is 25.0 Å². The van der Waals surface area contributed by atoms with Crippen LogP contribution in [-0.4, -0.2) is 18.5 Å². The maximum Gasteiger partial charge on any atom is 0.417 e. The van der Waals surface area contributed by atoms with Gasteiger partial charge in [0.15, 0.2) is 0 Å². The third-order valence-corrected chi connectivity index (χ3v) is 4.87. The fraction of sp³-hybridized carbons (Fsp3) is 0.333. The molecule has 2 aromatic rings. The van der Waals surface area contributed by atoms with Crippen molar-refractivity contribution < 1.29 is 22.4 Å². The number of anilines is 2. The summed E-state index contributed by atoms with van der Waals surface area (Å²) in [5.41, 5.74) is -0.865. The van der Waals surface area contributed by atoms with E-state index in [9.17, 15) is 22.4 Å². The lowest BCUT2D eigenvalue weighted by molar-refractivity contribution is -0.137. The molecule has 3 rings (SSSR count). The van der Waals surface area contributed by atoms with Crippen LogP contribution in [0.5, 0.6) is 0 Å². The van der Waals surface area contributed by atoms with Crippen LogP contribution in [0.4, 0.5) is 28.9 Å². The Labute approximate surface area is 165 Å². The molecule has 152 valence electrons. The molecule has 0 saturated heterocycles. The average molecular weight is 405 g/mol. The van der Waals surface area contributed by atoms with Crippen LogP contribution >= 0.6 is 0 Å². The number of nitriles is 1. The third-order valence-electron chi connectivity index (χ3n) is 4.87. The Bertz CT molecular complexity index is 930. The fourth-order valence-electron chi connectivity index (χ4n) is 3.03. The topological polar surface area (TPSA) is 56.1 Å². The number of alkyl halides is 3. The van der Waals surface area contributed by atoms with E-state index in [1.165, 1.54) is 30.3 Å². The first-order valence-electron chi connectivity index (χ1n) is 9.13. The molecule has 8 heteroatoms. The van der Waals surface area contributed by atoms with Gasteiger partial charge in [0.1, 0.15) is 11.9 Å². The van der Waals surface area contributed by atoms with Crippen molar-refractivity contribution in [2.45, 2.75) is 32.0 Å². The number of hydrogen-bond acceptors (Lipinski definition) is 3. The largest absolute Gasteiger partial charge is 0.417 e. The van der Waals surface area contributed by atoms with Gasteiger partial charge >= 0.3 is 6.18 Å². The van der Waals surface area contributed by atoms with Crippen LogP contribution in [0.25, 0.3) is 0 Å². The van der Waals surface area contributed by atoms with Gasteiger partial charge in [-0.3, -0.25) is 4.79 Å². The highest BCUT2D eigenvalue weighted by Gasteiger charge is 2.36. The second-order valence-electron chi connectivity index (χ2n) is 7.11. The Kier molecular flexibility index (Phi) is 5.78. The van der Waals surface area contributed by atoms with Crippen molar-refractivity contribution in [3.8, 4) is 6.07 Å². The molecule has 0 aromatic heterocycles. The summed E-state index contributed by atoms with van der Waals surface area (Å²) in [6, 6.07) is 9.50. The SMILES string of the molecule is CC(C(=O)Nc1ccc(F)cc1)N(CC1CC1)c1ccc(C#N)c(C(F)(F)F)c1. The second kappa shape index (κ2) is 8.11. The van der Waals surface area contributed by atoms with Gasteiger partial charge in [0.05, 0.1) is 17.2 Å². The molecule has 1 saturated carbocycles. The van der Waals surface area contributed by atoms with Gasteiger partial charge in [0.25, 0.3) is 0 Å². The molecule has 0 bridgehead atoms. The van der Waals surface area contributed by atoms with Crippen LogP contribution in [0.2, 0.25) is 0 Å². The van der Waals surface area contributed by atoms with Gasteiger partial charge in [0, 0.05) is 17.9 Å². The van der Waals surface area contributed by atoms with Crippen LogP contribution in [0.15, 0.2) is 42.5 Å². The molecule has 1 unspecified atom stereocenters. The average Bonchev–Trinajstić information content (AvgIpc) is 3.50. The summed E-state index contributed by atoms with van der Waals surface area (Å²) in [6.45, 7) is 2.04. The molecule has 0 radical (unpaired) electrons. The highest BCUT2D eigenvalue weighted by Crippen LogP contribution is 2.37. The molecule has 1 fully saturated rings. The summed E-state index contributed by atoms with van der Waals surface area (Å²) in [6.07, 6.45) is -2.78. The van der Waals surface area contributed by atoms with E-state index in [0.29, 0.717) is 18.2 Å². The van der Waals surface area contributed by atoms with Crippen molar-refractivity contribution in [2.75, 3.05) is 16.8 Å². The predicted molar refractivity (Wildman–Crippen MR) is 101 cm³/mol. The van der Waals surface area contributed by atoms with Crippen molar-refractivity contribution in [1.82, 2.24) is 0 Å². The number of hydrogen-bond donors (Lipinski definition) is 1. The Morgan fingerprint density at radius 2 is 1.90 bits per heavy atom. The van der Waals surface area contributed by atoms with Gasteiger partial charge in [-0.2, -0.15) is 18.4 Å². The molecule has 1 atom stereocenters. The van der Waals surface area contributed by atoms with Crippen LogP contribution in [0.3, 0.4) is 0 Å². The van der Waals surface area contributed by atoms with Crippen molar-refractivity contribution >= 4 is 17.3 Å². The monoisotopic (exact) mass is 405 g/mol. The van der Waals surface area contributed by atoms with Gasteiger partial charge in [-0.1, -0.05) is 0 Å². The molecular formula is C21H19F4N3O. The lowest BCUT2D eigenvalue weighted by Crippen LogP contribution is -2.43. The lowest BCUT2D eigenvalue weighted by atomic mass is 10.1. The normalized spacial score (nSPS) is 14.8. The molecule has 0 spiro atoms. The summed E-state index contributed by atoms with van der Waals surface area (Å²) < 4.78 is 53.1. The number of amides is 1. The van der Waals surface area contributed by atoms with Crippen molar-refractivity contribution in [1.29, 1.82) is 5.26 Å². The van der Waals surface area contributed by atoms with E-state index in [1.54, 1.807) is 17.9 Å². The zero-order valence-corrected chi connectivity index (χ0v) is 15.6. The number of nitrogens with zero attached hydrogens (tertiary/aromatic N) is 2. The molecule has 0 aliphatic heterocycles. The van der Waals surface area contributed by atoms with Gasteiger partial charge in [-0.25, -0.2) is 4.39 Å². The summed E-state index contributed by atoms with van der Waals surface area (Å²) in [7, 11) is 0. The molecule has 29 heavy (non-hydrogen) atoms. The van der Waals surface area contributed by atoms with E-state index in [-0.39, 0.29) is 5.69 Å². The molecular weight excluding hydrogens is 386 g/mol. The number of carbonyl (C=O) groups excluding carboxylic acids is 1. The zero-order valence-electron chi connectivity index (χ0n) is 15.6. The smallest absolute Gasteiger partial charge is 0.359 e. The van der Waals surface area contributed by atoms with Crippen LogP contribution < -0.4 is 10.2 Å². The summed E-state index contributed by atoms with van der Waals surface area (Å²) in [4.78, 5) is 14.3. The standard InChI is InChI=1S/C21H19F4N3O/c1-13(20(29)27-17-7-5-16(22)6-8-17)28(12-14-2-3-14)18-9-4-15(11-26)19(10-18)21(23,24)25/h4-10,13-14H,2-3,12H2,1H3,(H,27,29). The van der Waals surface area contributed by atoms with E-state index < -0.39 is 35.1 Å². The Hall–Kier alpha value is -3.08. The quantitative estimate of drug-likeness (QED) is 0.691. The molecule has 4 nitrogen and oxygen atoms in total. The molecule has 2 aromatic carbocycles. The van der Waals surface area contributed by atoms with E-state index in [1.807, 2.05) is 0 Å². The van der Waals surface area contributed by atoms with E-state index in [2.05, 4.69) is 5.32 Å². The zero-order chi connectivity index (χ0) is 21.2. The van der Waals surface area contributed by atoms with Crippen molar-refractivity contribution in [2.24, 2.45) is 5.92 Å². The number of carbonyl (C=O) groups is 1. The summed E-state index contributed by atoms with van der Waals surface area (Å²) in [5.74, 6) is -0.556. The minimum Gasteiger partial charge on any atom is -0.359 e. The highest BCUT2D eigenvalue weighted by atomic mass is 19.4. The molecule has 1 aliphatic carbocycles. The fourth-order valence-corrected chi connectivity index (χ4v) is 3.03. The minimum atomic E-state index is -4.67. The molecule has 1 amide bonds. The second-order valence-corrected chi connectivity index (χ2v) is 7.11. The number of rotatable bonds is 6. The summed E-state index contributed by atoms with van der Waals surface area (Å²) in [5, 5.41) is 11.7. The van der Waals surface area contributed by atoms with Gasteiger partial charge in [0.2, 0.25) is 5.91 Å². The highest BCUT2D eigenvalue weighted by molar-refractivity contribution is 5.96. The van der Waals surface area contributed by atoms with Crippen molar-refractivity contribution in [3.63, 3.8) is 0 Å². The first-order chi connectivity index (χ1) is 13.7. The minimum absolute atomic E-state index is 0.227. The Morgan fingerprint density at radius 3 is 2.45 bits per heavy atom. The number of halogens is 4. The van der Waals surface area contributed by atoms with Crippen molar-refractivity contribution in [3.05, 3.63) is 59.4 Å². The lowest BCUT2D eigenvalue weighted by Gasteiger charge is -2.31. The van der Waals surface area contributed by atoms with Gasteiger partial charge in [-0.05, 0) is 68.1 Å². The van der Waals surface area contributed by atoms with Crippen LogP contribution in [-0.2, 0) is 11.0 Å². The predicted octanol–water partition coefficient (Wildman–Crippen LogP) is 4.96. The molecule has 1 N–H and O–H groups in total. The third kappa shape index (κ3) is 5.05. The molecule has 1 aliphatic rings. The van der Waals surface area contributed by atoms with E-state index >= 15 is 0 Å².